The van der Waals surface area contributed by atoms with Crippen molar-refractivity contribution in [1.82, 2.24) is 9.55 Å². The smallest absolute Gasteiger partial charge is 0.259 e. The molecule has 1 aromatic heterocycles. The van der Waals surface area contributed by atoms with Crippen LogP contribution in [0.3, 0.4) is 0 Å². The van der Waals surface area contributed by atoms with Crippen LogP contribution in [0.5, 0.6) is 0 Å². The Bertz CT molecular complexity index is 600. The van der Waals surface area contributed by atoms with Crippen LogP contribution in [0.4, 0.5) is 0 Å². The maximum absolute atomic E-state index is 11.6. The third kappa shape index (κ3) is 1.71. The average molecular weight is 222 g/mol. The summed E-state index contributed by atoms with van der Waals surface area (Å²) in [6.45, 7) is 0.375. The fourth-order valence-electron chi connectivity index (χ4n) is 1.56. The predicted octanol–water partition coefficient (Wildman–Crippen LogP) is 1.05. The monoisotopic (exact) mass is 222 g/mol. The summed E-state index contributed by atoms with van der Waals surface area (Å²) < 4.78 is 2.05. The lowest BCUT2D eigenvalue weighted by Crippen LogP contribution is -2.15. The van der Waals surface area contributed by atoms with Gasteiger partial charge in [0.25, 0.3) is 5.56 Å². The summed E-state index contributed by atoms with van der Waals surface area (Å²) in [6, 6.07) is 7.18. The second-order valence-electron chi connectivity index (χ2n) is 3.15. The van der Waals surface area contributed by atoms with E-state index in [1.165, 1.54) is 0 Å². The molecule has 0 atom stereocenters. The summed E-state index contributed by atoms with van der Waals surface area (Å²) in [5.74, 6) is 0. The van der Waals surface area contributed by atoms with Gasteiger partial charge in [-0.1, -0.05) is 12.1 Å². The average Bonchev–Trinajstić information content (AvgIpc) is 2.24. The molecular weight excluding hydrogens is 212 g/mol. The van der Waals surface area contributed by atoms with Gasteiger partial charge >= 0.3 is 0 Å². The molecule has 0 fully saturated rings. The number of rotatable bonds is 2. The van der Waals surface area contributed by atoms with Gasteiger partial charge in [0, 0.05) is 6.54 Å². The highest BCUT2D eigenvalue weighted by molar-refractivity contribution is 7.71. The van der Waals surface area contributed by atoms with Gasteiger partial charge in [0.05, 0.1) is 17.5 Å². The maximum atomic E-state index is 11.6. The van der Waals surface area contributed by atoms with E-state index in [0.29, 0.717) is 16.7 Å². The van der Waals surface area contributed by atoms with Gasteiger partial charge in [-0.15, -0.1) is 0 Å². The van der Waals surface area contributed by atoms with Crippen molar-refractivity contribution in [2.24, 2.45) is 0 Å². The van der Waals surface area contributed by atoms with Crippen molar-refractivity contribution >= 4 is 23.1 Å². The second kappa shape index (κ2) is 3.96. The number of benzene rings is 1. The van der Waals surface area contributed by atoms with E-state index in [2.05, 4.69) is 4.98 Å². The standard InChI is InChI=1S/C10H10N2O2S/c13-6-5-12-8-4-2-1-3-7(8)9(14)11-10(12)15/h1-4,13H,5-6H2,(H,11,14,15). The van der Waals surface area contributed by atoms with Crippen LogP contribution >= 0.6 is 12.2 Å². The zero-order valence-corrected chi connectivity index (χ0v) is 8.75. The Hall–Kier alpha value is -1.46. The molecule has 2 rings (SSSR count). The number of aromatic nitrogens is 2. The van der Waals surface area contributed by atoms with Crippen LogP contribution in [0.2, 0.25) is 0 Å². The summed E-state index contributed by atoms with van der Waals surface area (Å²) >= 11 is 5.03. The molecule has 1 heterocycles. The highest BCUT2D eigenvalue weighted by Crippen LogP contribution is 2.08. The van der Waals surface area contributed by atoms with E-state index in [1.54, 1.807) is 16.7 Å². The summed E-state index contributed by atoms with van der Waals surface area (Å²) in [6.07, 6.45) is 0. The van der Waals surface area contributed by atoms with Crippen LogP contribution in [0.15, 0.2) is 29.1 Å². The molecule has 1 aromatic carbocycles. The lowest BCUT2D eigenvalue weighted by molar-refractivity contribution is 0.276. The zero-order chi connectivity index (χ0) is 10.8. The van der Waals surface area contributed by atoms with Gasteiger partial charge in [-0.05, 0) is 24.4 Å². The lowest BCUT2D eigenvalue weighted by atomic mass is 10.2. The Labute approximate surface area is 90.8 Å². The molecule has 0 aliphatic carbocycles. The fraction of sp³-hybridized carbons (Fsp3) is 0.200. The zero-order valence-electron chi connectivity index (χ0n) is 7.93. The van der Waals surface area contributed by atoms with Gasteiger partial charge in [0.1, 0.15) is 0 Å². The van der Waals surface area contributed by atoms with E-state index in [0.717, 1.165) is 5.52 Å². The maximum Gasteiger partial charge on any atom is 0.259 e. The number of aromatic amines is 1. The molecule has 0 amide bonds. The number of hydrogen-bond donors (Lipinski definition) is 2. The minimum Gasteiger partial charge on any atom is -0.395 e. The summed E-state index contributed by atoms with van der Waals surface area (Å²) in [7, 11) is 0. The second-order valence-corrected chi connectivity index (χ2v) is 3.54. The minimum absolute atomic E-state index is 0.00958. The van der Waals surface area contributed by atoms with Crippen molar-refractivity contribution < 1.29 is 5.11 Å². The molecular formula is C10H10N2O2S. The first-order valence-electron chi connectivity index (χ1n) is 4.57. The number of aliphatic hydroxyl groups excluding tert-OH is 1. The van der Waals surface area contributed by atoms with E-state index in [4.69, 9.17) is 17.3 Å². The van der Waals surface area contributed by atoms with E-state index >= 15 is 0 Å². The van der Waals surface area contributed by atoms with E-state index in [1.807, 2.05) is 12.1 Å². The van der Waals surface area contributed by atoms with Crippen molar-refractivity contribution in [3.63, 3.8) is 0 Å². The van der Waals surface area contributed by atoms with Gasteiger partial charge in [-0.25, -0.2) is 0 Å². The van der Waals surface area contributed by atoms with Crippen molar-refractivity contribution in [2.45, 2.75) is 6.54 Å². The van der Waals surface area contributed by atoms with Crippen LogP contribution < -0.4 is 5.56 Å². The number of hydrogen-bond acceptors (Lipinski definition) is 3. The molecule has 4 nitrogen and oxygen atoms in total. The van der Waals surface area contributed by atoms with Crippen LogP contribution in [-0.4, -0.2) is 21.3 Å². The summed E-state index contributed by atoms with van der Waals surface area (Å²) in [5, 5.41) is 9.50. The third-order valence-corrected chi connectivity index (χ3v) is 2.55. The lowest BCUT2D eigenvalue weighted by Gasteiger charge is -2.08. The van der Waals surface area contributed by atoms with Gasteiger partial charge in [-0.2, -0.15) is 0 Å². The Morgan fingerprint density at radius 1 is 1.40 bits per heavy atom. The van der Waals surface area contributed by atoms with Crippen LogP contribution in [0, 0.1) is 4.77 Å². The Morgan fingerprint density at radius 3 is 2.87 bits per heavy atom. The molecule has 0 bridgehead atoms. The Kier molecular flexibility index (Phi) is 2.66. The molecule has 15 heavy (non-hydrogen) atoms. The summed E-state index contributed by atoms with van der Waals surface area (Å²) in [4.78, 5) is 14.1. The normalized spacial score (nSPS) is 10.7. The number of fused-ring (bicyclic) bond motifs is 1. The van der Waals surface area contributed by atoms with Gasteiger partial charge in [0.15, 0.2) is 4.77 Å². The largest absolute Gasteiger partial charge is 0.395 e. The SMILES string of the molecule is O=c1[nH]c(=S)n(CCO)c2ccccc12. The van der Waals surface area contributed by atoms with Crippen LogP contribution in [0.25, 0.3) is 10.9 Å². The number of aliphatic hydroxyl groups is 1. The molecule has 2 aromatic rings. The van der Waals surface area contributed by atoms with Crippen molar-refractivity contribution in [3.05, 3.63) is 39.4 Å². The number of nitrogens with zero attached hydrogens (tertiary/aromatic N) is 1. The number of para-hydroxylation sites is 1. The molecule has 5 heteroatoms. The highest BCUT2D eigenvalue weighted by atomic mass is 32.1. The quantitative estimate of drug-likeness (QED) is 0.747. The topological polar surface area (TPSA) is 58.0 Å². The molecule has 2 N–H and O–H groups in total. The molecule has 0 aliphatic rings. The van der Waals surface area contributed by atoms with Crippen LogP contribution in [-0.2, 0) is 6.54 Å². The van der Waals surface area contributed by atoms with Crippen molar-refractivity contribution in [3.8, 4) is 0 Å². The first-order chi connectivity index (χ1) is 7.24. The number of nitrogens with one attached hydrogen (secondary N) is 1. The van der Waals surface area contributed by atoms with Crippen LogP contribution in [0.1, 0.15) is 0 Å². The van der Waals surface area contributed by atoms with Gasteiger partial charge < -0.3 is 9.67 Å². The predicted molar refractivity (Wildman–Crippen MR) is 60.5 cm³/mol. The third-order valence-electron chi connectivity index (χ3n) is 2.23. The first kappa shape index (κ1) is 10.1. The molecule has 0 saturated heterocycles. The van der Waals surface area contributed by atoms with Crippen molar-refractivity contribution in [2.75, 3.05) is 6.61 Å². The summed E-state index contributed by atoms with van der Waals surface area (Å²) in [5.41, 5.74) is 0.560. The first-order valence-corrected chi connectivity index (χ1v) is 4.97. The Balaban J connectivity index is 2.90. The molecule has 0 aliphatic heterocycles. The molecule has 0 saturated carbocycles. The Morgan fingerprint density at radius 2 is 2.13 bits per heavy atom. The highest BCUT2D eigenvalue weighted by Gasteiger charge is 2.03. The van der Waals surface area contributed by atoms with Gasteiger partial charge in [-0.3, -0.25) is 9.78 Å². The number of H-pyrrole nitrogens is 1. The van der Waals surface area contributed by atoms with E-state index in [9.17, 15) is 4.79 Å². The van der Waals surface area contributed by atoms with E-state index in [-0.39, 0.29) is 12.2 Å². The molecule has 0 unspecified atom stereocenters. The van der Waals surface area contributed by atoms with Gasteiger partial charge in [0.2, 0.25) is 0 Å². The molecule has 0 spiro atoms. The molecule has 0 radical (unpaired) electrons. The van der Waals surface area contributed by atoms with E-state index < -0.39 is 0 Å². The molecule has 78 valence electrons. The minimum atomic E-state index is -0.190. The fourth-order valence-corrected chi connectivity index (χ4v) is 1.85. The van der Waals surface area contributed by atoms with Crippen molar-refractivity contribution in [1.29, 1.82) is 0 Å².